The van der Waals surface area contributed by atoms with E-state index >= 15 is 0 Å². The molecule has 0 aliphatic rings. The molecule has 1 aromatic carbocycles. The van der Waals surface area contributed by atoms with Crippen LogP contribution in [-0.2, 0) is 4.74 Å². The molecule has 22 heavy (non-hydrogen) atoms. The molecule has 6 nitrogen and oxygen atoms in total. The number of aromatic nitrogens is 1. The van der Waals surface area contributed by atoms with Gasteiger partial charge in [0.2, 0.25) is 5.56 Å². The standard InChI is InChI=1S/C16H22N2O4/c1-2-22-9-3-8-17-13(10-19)11-4-6-14(20)16-12(11)5-7-15(21)18-16/h4-7,13,17,19-20H,2-3,8-10H2,1H3,(H,18,21). The summed E-state index contributed by atoms with van der Waals surface area (Å²) in [5, 5.41) is 23.5. The van der Waals surface area contributed by atoms with Crippen LogP contribution in [-0.4, -0.2) is 41.6 Å². The van der Waals surface area contributed by atoms with Crippen molar-refractivity contribution in [3.05, 3.63) is 40.2 Å². The molecule has 2 aromatic rings. The summed E-state index contributed by atoms with van der Waals surface area (Å²) in [4.78, 5) is 14.0. The molecule has 0 amide bonds. The van der Waals surface area contributed by atoms with Gasteiger partial charge in [0.05, 0.1) is 18.2 Å². The molecule has 0 fully saturated rings. The van der Waals surface area contributed by atoms with Crippen LogP contribution in [0.1, 0.15) is 24.9 Å². The minimum atomic E-state index is -0.273. The van der Waals surface area contributed by atoms with Gasteiger partial charge in [-0.05, 0) is 37.6 Å². The van der Waals surface area contributed by atoms with Crippen LogP contribution in [0.15, 0.2) is 29.1 Å². The molecule has 6 heteroatoms. The third-order valence-corrected chi connectivity index (χ3v) is 3.53. The maximum absolute atomic E-state index is 11.4. The van der Waals surface area contributed by atoms with Crippen LogP contribution in [0.25, 0.3) is 10.9 Å². The Labute approximate surface area is 128 Å². The Morgan fingerprint density at radius 1 is 1.32 bits per heavy atom. The van der Waals surface area contributed by atoms with E-state index < -0.39 is 0 Å². The smallest absolute Gasteiger partial charge is 0.248 e. The molecule has 0 saturated heterocycles. The van der Waals surface area contributed by atoms with E-state index in [0.717, 1.165) is 17.4 Å². The van der Waals surface area contributed by atoms with Gasteiger partial charge in [0.25, 0.3) is 0 Å². The van der Waals surface area contributed by atoms with Gasteiger partial charge in [-0.1, -0.05) is 6.07 Å². The van der Waals surface area contributed by atoms with Gasteiger partial charge >= 0.3 is 0 Å². The number of hydrogen-bond donors (Lipinski definition) is 4. The van der Waals surface area contributed by atoms with Crippen LogP contribution >= 0.6 is 0 Å². The van der Waals surface area contributed by atoms with Gasteiger partial charge in [-0.15, -0.1) is 0 Å². The number of benzene rings is 1. The third kappa shape index (κ3) is 3.85. The zero-order chi connectivity index (χ0) is 15.9. The van der Waals surface area contributed by atoms with Crippen molar-refractivity contribution in [3.63, 3.8) is 0 Å². The molecule has 1 unspecified atom stereocenters. The highest BCUT2D eigenvalue weighted by atomic mass is 16.5. The fourth-order valence-corrected chi connectivity index (χ4v) is 2.43. The fraction of sp³-hybridized carbons (Fsp3) is 0.438. The Bertz CT molecular complexity index is 669. The van der Waals surface area contributed by atoms with Gasteiger partial charge < -0.3 is 25.3 Å². The molecule has 1 aromatic heterocycles. The van der Waals surface area contributed by atoms with Gasteiger partial charge in [-0.2, -0.15) is 0 Å². The number of hydrogen-bond acceptors (Lipinski definition) is 5. The van der Waals surface area contributed by atoms with Crippen LogP contribution in [0.5, 0.6) is 5.75 Å². The minimum absolute atomic E-state index is 0.0180. The molecule has 0 spiro atoms. The van der Waals surface area contributed by atoms with E-state index in [0.29, 0.717) is 25.3 Å². The highest BCUT2D eigenvalue weighted by Crippen LogP contribution is 2.28. The summed E-state index contributed by atoms with van der Waals surface area (Å²) in [6.45, 7) is 3.95. The van der Waals surface area contributed by atoms with Crippen LogP contribution in [0.2, 0.25) is 0 Å². The van der Waals surface area contributed by atoms with Crippen molar-refractivity contribution in [2.45, 2.75) is 19.4 Å². The molecule has 4 N–H and O–H groups in total. The molecule has 120 valence electrons. The lowest BCUT2D eigenvalue weighted by atomic mass is 10.0. The van der Waals surface area contributed by atoms with Gasteiger partial charge in [0, 0.05) is 24.7 Å². The van der Waals surface area contributed by atoms with Crippen molar-refractivity contribution < 1.29 is 14.9 Å². The number of aromatic hydroxyl groups is 1. The summed E-state index contributed by atoms with van der Waals surface area (Å²) >= 11 is 0. The summed E-state index contributed by atoms with van der Waals surface area (Å²) in [6, 6.07) is 6.09. The summed E-state index contributed by atoms with van der Waals surface area (Å²) in [6.07, 6.45) is 0.844. The highest BCUT2D eigenvalue weighted by molar-refractivity contribution is 5.87. The first-order valence-corrected chi connectivity index (χ1v) is 7.44. The molecule has 0 aliphatic heterocycles. The van der Waals surface area contributed by atoms with Crippen molar-refractivity contribution >= 4 is 10.9 Å². The summed E-state index contributed by atoms with van der Waals surface area (Å²) in [5.74, 6) is 0.0180. The molecule has 0 bridgehead atoms. The van der Waals surface area contributed by atoms with E-state index in [1.165, 1.54) is 12.1 Å². The quantitative estimate of drug-likeness (QED) is 0.551. The van der Waals surface area contributed by atoms with Crippen molar-refractivity contribution in [1.82, 2.24) is 10.3 Å². The number of aliphatic hydroxyl groups excluding tert-OH is 1. The molecular formula is C16H22N2O4. The second kappa shape index (κ2) is 7.93. The van der Waals surface area contributed by atoms with E-state index in [1.54, 1.807) is 12.1 Å². The van der Waals surface area contributed by atoms with Crippen molar-refractivity contribution in [2.24, 2.45) is 0 Å². The number of H-pyrrole nitrogens is 1. The van der Waals surface area contributed by atoms with Gasteiger partial charge in [0.1, 0.15) is 5.75 Å². The van der Waals surface area contributed by atoms with Crippen molar-refractivity contribution in [2.75, 3.05) is 26.4 Å². The Morgan fingerprint density at radius 2 is 2.14 bits per heavy atom. The van der Waals surface area contributed by atoms with E-state index in [9.17, 15) is 15.0 Å². The van der Waals surface area contributed by atoms with Crippen molar-refractivity contribution in [3.8, 4) is 5.75 Å². The van der Waals surface area contributed by atoms with E-state index in [1.807, 2.05) is 6.92 Å². The van der Waals surface area contributed by atoms with E-state index in [4.69, 9.17) is 4.74 Å². The number of aliphatic hydroxyl groups is 1. The maximum Gasteiger partial charge on any atom is 0.248 e. The van der Waals surface area contributed by atoms with E-state index in [2.05, 4.69) is 10.3 Å². The minimum Gasteiger partial charge on any atom is -0.506 e. The fourth-order valence-electron chi connectivity index (χ4n) is 2.43. The first-order valence-electron chi connectivity index (χ1n) is 7.44. The van der Waals surface area contributed by atoms with Gasteiger partial charge in [-0.25, -0.2) is 0 Å². The van der Waals surface area contributed by atoms with Crippen LogP contribution in [0.4, 0.5) is 0 Å². The van der Waals surface area contributed by atoms with E-state index in [-0.39, 0.29) is 24.0 Å². The number of phenols is 1. The average Bonchev–Trinajstić information content (AvgIpc) is 2.52. The first-order chi connectivity index (χ1) is 10.7. The number of aromatic amines is 1. The number of rotatable bonds is 8. The van der Waals surface area contributed by atoms with Crippen molar-refractivity contribution in [1.29, 1.82) is 0 Å². The van der Waals surface area contributed by atoms with Gasteiger partial charge in [-0.3, -0.25) is 4.79 Å². The number of pyridine rings is 1. The maximum atomic E-state index is 11.4. The monoisotopic (exact) mass is 306 g/mol. The predicted octanol–water partition coefficient (Wildman–Crippen LogP) is 1.28. The average molecular weight is 306 g/mol. The summed E-state index contributed by atoms with van der Waals surface area (Å²) in [7, 11) is 0. The van der Waals surface area contributed by atoms with Crippen LogP contribution in [0, 0.1) is 0 Å². The molecular weight excluding hydrogens is 284 g/mol. The molecule has 2 rings (SSSR count). The Morgan fingerprint density at radius 3 is 2.86 bits per heavy atom. The molecule has 1 heterocycles. The number of ether oxygens (including phenoxy) is 1. The predicted molar refractivity (Wildman–Crippen MR) is 85.2 cm³/mol. The third-order valence-electron chi connectivity index (χ3n) is 3.53. The summed E-state index contributed by atoms with van der Waals surface area (Å²) in [5.41, 5.74) is 0.952. The largest absolute Gasteiger partial charge is 0.506 e. The second-order valence-corrected chi connectivity index (χ2v) is 5.02. The lowest BCUT2D eigenvalue weighted by molar-refractivity contribution is 0.142. The molecule has 0 aliphatic carbocycles. The number of phenolic OH excluding ortho intramolecular Hbond substituents is 1. The van der Waals surface area contributed by atoms with Gasteiger partial charge in [0.15, 0.2) is 0 Å². The molecule has 0 saturated carbocycles. The van der Waals surface area contributed by atoms with Crippen LogP contribution in [0.3, 0.4) is 0 Å². The van der Waals surface area contributed by atoms with Crippen LogP contribution < -0.4 is 10.9 Å². The first kappa shape index (κ1) is 16.5. The number of nitrogens with one attached hydrogen (secondary N) is 2. The second-order valence-electron chi connectivity index (χ2n) is 5.02. The topological polar surface area (TPSA) is 94.6 Å². The SMILES string of the molecule is CCOCCCNC(CO)c1ccc(O)c2[nH]c(=O)ccc12. The normalized spacial score (nSPS) is 12.6. The zero-order valence-electron chi connectivity index (χ0n) is 12.6. The lowest BCUT2D eigenvalue weighted by Crippen LogP contribution is -2.26. The number of fused-ring (bicyclic) bond motifs is 1. The lowest BCUT2D eigenvalue weighted by Gasteiger charge is -2.19. The Kier molecular flexibility index (Phi) is 5.94. The molecule has 0 radical (unpaired) electrons. The zero-order valence-corrected chi connectivity index (χ0v) is 12.6. The Balaban J connectivity index is 2.20. The Hall–Kier alpha value is -1.89. The summed E-state index contributed by atoms with van der Waals surface area (Å²) < 4.78 is 5.28. The highest BCUT2D eigenvalue weighted by Gasteiger charge is 2.15. The molecule has 1 atom stereocenters.